The molecular formula is C32H35N3O4. The lowest BCUT2D eigenvalue weighted by Crippen LogP contribution is -2.29. The Morgan fingerprint density at radius 3 is 2.46 bits per heavy atom. The molecule has 2 heterocycles. The fraction of sp³-hybridized carbons (Fsp3) is 0.312. The second-order valence-electron chi connectivity index (χ2n) is 10.3. The normalized spacial score (nSPS) is 14.5. The van der Waals surface area contributed by atoms with Crippen molar-refractivity contribution in [3.63, 3.8) is 0 Å². The van der Waals surface area contributed by atoms with E-state index in [4.69, 9.17) is 9.47 Å². The highest BCUT2D eigenvalue weighted by Crippen LogP contribution is 2.47. The van der Waals surface area contributed by atoms with E-state index in [1.54, 1.807) is 13.2 Å². The number of ether oxygens (including phenoxy) is 2. The molecule has 2 N–H and O–H groups in total. The van der Waals surface area contributed by atoms with Crippen LogP contribution in [0.25, 0.3) is 11.3 Å². The number of aromatic amines is 1. The van der Waals surface area contributed by atoms with Crippen molar-refractivity contribution in [1.82, 2.24) is 15.1 Å². The number of aryl methyl sites for hydroxylation is 3. The molecule has 1 amide bonds. The quantitative estimate of drug-likeness (QED) is 0.239. The summed E-state index contributed by atoms with van der Waals surface area (Å²) in [5.74, 6) is 1.28. The third-order valence-electron chi connectivity index (χ3n) is 7.29. The van der Waals surface area contributed by atoms with Crippen LogP contribution in [0.3, 0.4) is 0 Å². The number of hydrogen-bond donors (Lipinski definition) is 2. The summed E-state index contributed by atoms with van der Waals surface area (Å²) in [5.41, 5.74) is 7.29. The number of aromatic hydroxyl groups is 1. The number of H-pyrrole nitrogens is 1. The molecule has 0 aliphatic carbocycles. The first-order valence-electron chi connectivity index (χ1n) is 13.4. The highest BCUT2D eigenvalue weighted by molar-refractivity contribution is 6.00. The molecule has 3 aromatic carbocycles. The average Bonchev–Trinajstić information content (AvgIpc) is 3.44. The molecule has 1 aliphatic heterocycles. The molecular weight excluding hydrogens is 490 g/mol. The Morgan fingerprint density at radius 1 is 1.00 bits per heavy atom. The number of aromatic nitrogens is 2. The van der Waals surface area contributed by atoms with Gasteiger partial charge in [0.05, 0.1) is 19.8 Å². The van der Waals surface area contributed by atoms with Gasteiger partial charge < -0.3 is 19.5 Å². The van der Waals surface area contributed by atoms with Crippen LogP contribution in [0.5, 0.6) is 17.2 Å². The Hall–Kier alpha value is -4.26. The van der Waals surface area contributed by atoms with Gasteiger partial charge >= 0.3 is 0 Å². The van der Waals surface area contributed by atoms with E-state index < -0.39 is 6.04 Å². The molecule has 0 fully saturated rings. The molecule has 0 spiro atoms. The number of phenols is 1. The van der Waals surface area contributed by atoms with Gasteiger partial charge in [-0.1, -0.05) is 55.3 Å². The van der Waals surface area contributed by atoms with E-state index in [0.29, 0.717) is 41.6 Å². The molecule has 7 heteroatoms. The lowest BCUT2D eigenvalue weighted by atomic mass is 9.93. The SMILES string of the molecule is CCCCOc1ccc(C2c3c(-c4c(C)cc(C)cc4O)n[nH]c3C(=O)N2Cc2ccc(C)cc2)cc1OC. The van der Waals surface area contributed by atoms with Crippen LogP contribution < -0.4 is 9.47 Å². The lowest BCUT2D eigenvalue weighted by molar-refractivity contribution is 0.0730. The van der Waals surface area contributed by atoms with E-state index in [-0.39, 0.29) is 11.7 Å². The van der Waals surface area contributed by atoms with Crippen LogP contribution in [0, 0.1) is 20.8 Å². The zero-order chi connectivity index (χ0) is 27.7. The van der Waals surface area contributed by atoms with E-state index in [0.717, 1.165) is 46.2 Å². The van der Waals surface area contributed by atoms with Crippen LogP contribution in [-0.2, 0) is 6.54 Å². The minimum absolute atomic E-state index is 0.138. The molecule has 0 saturated carbocycles. The first kappa shape index (κ1) is 26.4. The average molecular weight is 526 g/mol. The predicted octanol–water partition coefficient (Wildman–Crippen LogP) is 6.64. The van der Waals surface area contributed by atoms with Crippen LogP contribution in [0.2, 0.25) is 0 Å². The van der Waals surface area contributed by atoms with Gasteiger partial charge in [0, 0.05) is 17.7 Å². The Balaban J connectivity index is 1.64. The minimum atomic E-state index is -0.443. The molecule has 39 heavy (non-hydrogen) atoms. The summed E-state index contributed by atoms with van der Waals surface area (Å²) in [7, 11) is 1.62. The molecule has 1 atom stereocenters. The topological polar surface area (TPSA) is 87.7 Å². The molecule has 0 saturated heterocycles. The number of benzene rings is 3. The first-order chi connectivity index (χ1) is 18.8. The fourth-order valence-electron chi connectivity index (χ4n) is 5.34. The summed E-state index contributed by atoms with van der Waals surface area (Å²) in [6.07, 6.45) is 1.99. The number of carbonyl (C=O) groups excluding carboxylic acids is 1. The van der Waals surface area contributed by atoms with Crippen LogP contribution in [0.1, 0.15) is 69.7 Å². The number of methoxy groups -OCH3 is 1. The maximum Gasteiger partial charge on any atom is 0.273 e. The van der Waals surface area contributed by atoms with Crippen molar-refractivity contribution >= 4 is 5.91 Å². The zero-order valence-electron chi connectivity index (χ0n) is 23.2. The molecule has 5 rings (SSSR count). The largest absolute Gasteiger partial charge is 0.507 e. The summed E-state index contributed by atoms with van der Waals surface area (Å²) in [5, 5.41) is 18.5. The molecule has 1 unspecified atom stereocenters. The minimum Gasteiger partial charge on any atom is -0.507 e. The summed E-state index contributed by atoms with van der Waals surface area (Å²) in [4.78, 5) is 15.7. The monoisotopic (exact) mass is 525 g/mol. The first-order valence-corrected chi connectivity index (χ1v) is 13.4. The van der Waals surface area contributed by atoms with Gasteiger partial charge in [-0.25, -0.2) is 0 Å². The van der Waals surface area contributed by atoms with Crippen molar-refractivity contribution in [1.29, 1.82) is 0 Å². The van der Waals surface area contributed by atoms with Gasteiger partial charge in [-0.15, -0.1) is 0 Å². The Kier molecular flexibility index (Phi) is 7.33. The molecule has 202 valence electrons. The van der Waals surface area contributed by atoms with Crippen LogP contribution in [0.15, 0.2) is 54.6 Å². The van der Waals surface area contributed by atoms with Crippen molar-refractivity contribution < 1.29 is 19.4 Å². The Bertz CT molecular complexity index is 1480. The third kappa shape index (κ3) is 4.97. The maximum atomic E-state index is 13.9. The molecule has 7 nitrogen and oxygen atoms in total. The standard InChI is InChI=1S/C32H35N3O4/c1-6-7-14-39-25-13-12-23(17-26(25)38-5)31-28-29(27-21(4)15-20(3)16-24(27)36)33-34-30(28)32(37)35(31)18-22-10-8-19(2)9-11-22/h8-13,15-17,31,36H,6-7,14,18H2,1-5H3,(H,33,34). The van der Waals surface area contributed by atoms with Crippen LogP contribution >= 0.6 is 0 Å². The Morgan fingerprint density at radius 2 is 1.77 bits per heavy atom. The van der Waals surface area contributed by atoms with E-state index in [1.807, 2.05) is 62.1 Å². The third-order valence-corrected chi connectivity index (χ3v) is 7.29. The zero-order valence-corrected chi connectivity index (χ0v) is 23.2. The van der Waals surface area contributed by atoms with Crippen molar-refractivity contribution in [3.05, 3.63) is 93.7 Å². The van der Waals surface area contributed by atoms with Gasteiger partial charge in [0.15, 0.2) is 11.5 Å². The van der Waals surface area contributed by atoms with Crippen LogP contribution in [-0.4, -0.2) is 39.8 Å². The van der Waals surface area contributed by atoms with Gasteiger partial charge in [-0.3, -0.25) is 9.89 Å². The number of hydrogen-bond acceptors (Lipinski definition) is 5. The predicted molar refractivity (Wildman–Crippen MR) is 151 cm³/mol. The van der Waals surface area contributed by atoms with Crippen molar-refractivity contribution in [2.45, 2.75) is 53.1 Å². The second-order valence-corrected chi connectivity index (χ2v) is 10.3. The van der Waals surface area contributed by atoms with E-state index >= 15 is 0 Å². The number of nitrogens with one attached hydrogen (secondary N) is 1. The summed E-state index contributed by atoms with van der Waals surface area (Å²) in [6.45, 7) is 9.08. The molecule has 1 aliphatic rings. The van der Waals surface area contributed by atoms with Crippen LogP contribution in [0.4, 0.5) is 0 Å². The fourth-order valence-corrected chi connectivity index (χ4v) is 5.34. The number of carbonyl (C=O) groups is 1. The van der Waals surface area contributed by atoms with Gasteiger partial charge in [-0.2, -0.15) is 5.10 Å². The van der Waals surface area contributed by atoms with Gasteiger partial charge in [0.1, 0.15) is 17.1 Å². The summed E-state index contributed by atoms with van der Waals surface area (Å²) in [6, 6.07) is 17.3. The molecule has 1 aromatic heterocycles. The summed E-state index contributed by atoms with van der Waals surface area (Å²) < 4.78 is 11.7. The maximum absolute atomic E-state index is 13.9. The number of unbranched alkanes of at least 4 members (excludes halogenated alkanes) is 1. The smallest absolute Gasteiger partial charge is 0.273 e. The molecule has 4 aromatic rings. The second kappa shape index (κ2) is 10.8. The Labute approximate surface area is 229 Å². The van der Waals surface area contributed by atoms with Gasteiger partial charge in [0.25, 0.3) is 5.91 Å². The number of nitrogens with zero attached hydrogens (tertiary/aromatic N) is 2. The van der Waals surface area contributed by atoms with E-state index in [2.05, 4.69) is 29.3 Å². The number of phenolic OH excluding ortho intramolecular Hbond substituents is 1. The molecule has 0 bridgehead atoms. The van der Waals surface area contributed by atoms with E-state index in [9.17, 15) is 9.90 Å². The summed E-state index contributed by atoms with van der Waals surface area (Å²) >= 11 is 0. The molecule has 0 radical (unpaired) electrons. The van der Waals surface area contributed by atoms with Gasteiger partial charge in [-0.05, 0) is 67.6 Å². The van der Waals surface area contributed by atoms with Crippen molar-refractivity contribution in [2.24, 2.45) is 0 Å². The highest BCUT2D eigenvalue weighted by atomic mass is 16.5. The lowest BCUT2D eigenvalue weighted by Gasteiger charge is -2.27. The highest BCUT2D eigenvalue weighted by Gasteiger charge is 2.43. The van der Waals surface area contributed by atoms with E-state index in [1.165, 1.54) is 0 Å². The van der Waals surface area contributed by atoms with Crippen molar-refractivity contribution in [3.8, 4) is 28.5 Å². The van der Waals surface area contributed by atoms with Gasteiger partial charge in [0.2, 0.25) is 0 Å². The number of rotatable bonds is 9. The van der Waals surface area contributed by atoms with Crippen molar-refractivity contribution in [2.75, 3.05) is 13.7 Å². The number of amides is 1. The number of fused-ring (bicyclic) bond motifs is 1.